The molecule has 0 spiro atoms. The van der Waals surface area contributed by atoms with Gasteiger partial charge in [-0.1, -0.05) is 18.2 Å². The second-order valence-corrected chi connectivity index (χ2v) is 6.89. The van der Waals surface area contributed by atoms with E-state index in [2.05, 4.69) is 10.2 Å². The Morgan fingerprint density at radius 1 is 1.24 bits per heavy atom. The van der Waals surface area contributed by atoms with Crippen molar-refractivity contribution < 1.29 is 13.9 Å². The molecule has 1 N–H and O–H groups in total. The Kier molecular flexibility index (Phi) is 6.14. The molecule has 1 aliphatic rings. The molecule has 0 saturated carbocycles. The van der Waals surface area contributed by atoms with E-state index in [-0.39, 0.29) is 23.7 Å². The van der Waals surface area contributed by atoms with Crippen LogP contribution >= 0.6 is 11.8 Å². The summed E-state index contributed by atoms with van der Waals surface area (Å²) >= 11 is 1.93. The van der Waals surface area contributed by atoms with Crippen LogP contribution in [0.3, 0.4) is 0 Å². The Morgan fingerprint density at radius 3 is 2.72 bits per heavy atom. The molecule has 3 rings (SSSR count). The number of anilines is 1. The van der Waals surface area contributed by atoms with Gasteiger partial charge in [-0.3, -0.25) is 14.5 Å². The maximum Gasteiger partial charge on any atom is 0.262 e. The van der Waals surface area contributed by atoms with Crippen molar-refractivity contribution in [1.29, 1.82) is 0 Å². The van der Waals surface area contributed by atoms with Gasteiger partial charge in [0.2, 0.25) is 11.2 Å². The van der Waals surface area contributed by atoms with Gasteiger partial charge < -0.3 is 14.5 Å². The highest BCUT2D eigenvalue weighted by atomic mass is 32.2. The maximum atomic E-state index is 12.1. The van der Waals surface area contributed by atoms with Crippen LogP contribution in [-0.2, 0) is 11.3 Å². The molecular formula is C18H20N2O4S. The van der Waals surface area contributed by atoms with Crippen LogP contribution in [-0.4, -0.2) is 42.0 Å². The number of nitrogens with one attached hydrogen (secondary N) is 1. The van der Waals surface area contributed by atoms with Gasteiger partial charge >= 0.3 is 0 Å². The number of hydrogen-bond donors (Lipinski definition) is 1. The Bertz CT molecular complexity index is 757. The molecule has 1 aromatic carbocycles. The molecule has 25 heavy (non-hydrogen) atoms. The van der Waals surface area contributed by atoms with E-state index in [1.807, 2.05) is 30.0 Å². The number of para-hydroxylation sites is 1. The summed E-state index contributed by atoms with van der Waals surface area (Å²) in [6.45, 7) is 2.35. The predicted octanol–water partition coefficient (Wildman–Crippen LogP) is 2.21. The van der Waals surface area contributed by atoms with Crippen LogP contribution in [0.5, 0.6) is 5.75 Å². The summed E-state index contributed by atoms with van der Waals surface area (Å²) in [5.74, 6) is 2.52. The molecule has 0 bridgehead atoms. The van der Waals surface area contributed by atoms with Gasteiger partial charge in [-0.15, -0.1) is 0 Å². The Hall–Kier alpha value is -2.25. The first-order valence-corrected chi connectivity index (χ1v) is 9.26. The zero-order chi connectivity index (χ0) is 17.5. The van der Waals surface area contributed by atoms with Crippen molar-refractivity contribution in [1.82, 2.24) is 4.90 Å². The number of amides is 1. The van der Waals surface area contributed by atoms with Crippen LogP contribution in [0.15, 0.2) is 51.9 Å². The fraction of sp³-hybridized carbons (Fsp3) is 0.333. The molecule has 1 saturated heterocycles. The number of ether oxygens (including phenoxy) is 1. The molecule has 1 fully saturated rings. The third-order valence-electron chi connectivity index (χ3n) is 3.75. The molecule has 0 radical (unpaired) electrons. The number of nitrogens with zero attached hydrogens (tertiary/aromatic N) is 1. The molecule has 7 heteroatoms. The Morgan fingerprint density at radius 2 is 2.00 bits per heavy atom. The Balaban J connectivity index is 1.52. The number of carbonyl (C=O) groups is 1. The van der Waals surface area contributed by atoms with Crippen LogP contribution < -0.4 is 15.5 Å². The quantitative estimate of drug-likeness (QED) is 0.852. The lowest BCUT2D eigenvalue weighted by molar-refractivity contribution is -0.118. The van der Waals surface area contributed by atoms with E-state index in [1.165, 1.54) is 12.3 Å². The van der Waals surface area contributed by atoms with Crippen molar-refractivity contribution in [3.8, 4) is 5.75 Å². The van der Waals surface area contributed by atoms with Crippen molar-refractivity contribution in [2.45, 2.75) is 6.54 Å². The molecular weight excluding hydrogens is 340 g/mol. The summed E-state index contributed by atoms with van der Waals surface area (Å²) < 4.78 is 10.8. The minimum atomic E-state index is -0.333. The summed E-state index contributed by atoms with van der Waals surface area (Å²) in [4.78, 5) is 26.2. The average molecular weight is 360 g/mol. The lowest BCUT2D eigenvalue weighted by Gasteiger charge is -2.25. The normalized spacial score (nSPS) is 14.9. The topological polar surface area (TPSA) is 71.8 Å². The van der Waals surface area contributed by atoms with E-state index < -0.39 is 0 Å². The van der Waals surface area contributed by atoms with Crippen LogP contribution in [0, 0.1) is 0 Å². The van der Waals surface area contributed by atoms with Crippen molar-refractivity contribution in [2.24, 2.45) is 0 Å². The first kappa shape index (κ1) is 17.6. The fourth-order valence-corrected chi connectivity index (χ4v) is 3.45. The van der Waals surface area contributed by atoms with Gasteiger partial charge in [0.1, 0.15) is 12.0 Å². The molecule has 1 aromatic heterocycles. The molecule has 2 heterocycles. The third-order valence-corrected chi connectivity index (χ3v) is 4.69. The summed E-state index contributed by atoms with van der Waals surface area (Å²) in [7, 11) is 0. The second-order valence-electron chi connectivity index (χ2n) is 5.67. The van der Waals surface area contributed by atoms with Gasteiger partial charge in [0.15, 0.2) is 6.61 Å². The van der Waals surface area contributed by atoms with Crippen molar-refractivity contribution in [3.63, 3.8) is 0 Å². The first-order chi connectivity index (χ1) is 12.2. The van der Waals surface area contributed by atoms with E-state index in [9.17, 15) is 9.59 Å². The van der Waals surface area contributed by atoms with Gasteiger partial charge in [-0.05, 0) is 12.1 Å². The fourth-order valence-electron chi connectivity index (χ4n) is 2.47. The summed E-state index contributed by atoms with van der Waals surface area (Å²) in [5, 5.41) is 2.69. The van der Waals surface area contributed by atoms with E-state index in [1.54, 1.807) is 12.1 Å². The van der Waals surface area contributed by atoms with Crippen molar-refractivity contribution in [2.75, 3.05) is 36.5 Å². The summed E-state index contributed by atoms with van der Waals surface area (Å²) in [5.41, 5.74) is 0.401. The number of carbonyl (C=O) groups excluding carboxylic acids is 1. The SMILES string of the molecule is O=C(COc1coc(CN2CCSCC2)cc1=O)Nc1ccccc1. The zero-order valence-electron chi connectivity index (χ0n) is 13.8. The minimum Gasteiger partial charge on any atom is -0.477 e. The monoisotopic (exact) mass is 360 g/mol. The lowest BCUT2D eigenvalue weighted by atomic mass is 10.3. The van der Waals surface area contributed by atoms with Crippen LogP contribution in [0.25, 0.3) is 0 Å². The average Bonchev–Trinajstić information content (AvgIpc) is 2.63. The summed E-state index contributed by atoms with van der Waals surface area (Å²) in [6.07, 6.45) is 1.28. The van der Waals surface area contributed by atoms with Crippen LogP contribution in [0.1, 0.15) is 5.76 Å². The molecule has 0 atom stereocenters. The predicted molar refractivity (Wildman–Crippen MR) is 98.1 cm³/mol. The van der Waals surface area contributed by atoms with Crippen molar-refractivity contribution in [3.05, 3.63) is 58.6 Å². The zero-order valence-corrected chi connectivity index (χ0v) is 14.6. The van der Waals surface area contributed by atoms with Crippen molar-refractivity contribution >= 4 is 23.4 Å². The summed E-state index contributed by atoms with van der Waals surface area (Å²) in [6, 6.07) is 10.5. The van der Waals surface area contributed by atoms with Gasteiger partial charge in [-0.2, -0.15) is 11.8 Å². The maximum absolute atomic E-state index is 12.1. The number of thioether (sulfide) groups is 1. The second kappa shape index (κ2) is 8.73. The molecule has 6 nitrogen and oxygen atoms in total. The molecule has 1 aliphatic heterocycles. The van der Waals surface area contributed by atoms with E-state index in [4.69, 9.17) is 9.15 Å². The van der Waals surface area contributed by atoms with Crippen LogP contribution in [0.4, 0.5) is 5.69 Å². The number of benzene rings is 1. The van der Waals surface area contributed by atoms with Gasteiger partial charge in [-0.25, -0.2) is 0 Å². The molecule has 132 valence electrons. The molecule has 0 unspecified atom stereocenters. The smallest absolute Gasteiger partial charge is 0.262 e. The standard InChI is InChI=1S/C18H20N2O4S/c21-16-10-15(11-20-6-8-25-9-7-20)23-12-17(16)24-13-18(22)19-14-4-2-1-3-5-14/h1-5,10,12H,6-9,11,13H2,(H,19,22). The van der Waals surface area contributed by atoms with E-state index >= 15 is 0 Å². The largest absolute Gasteiger partial charge is 0.477 e. The first-order valence-electron chi connectivity index (χ1n) is 8.10. The molecule has 0 aliphatic carbocycles. The highest BCUT2D eigenvalue weighted by Crippen LogP contribution is 2.13. The lowest BCUT2D eigenvalue weighted by Crippen LogP contribution is -2.32. The van der Waals surface area contributed by atoms with Crippen LogP contribution in [0.2, 0.25) is 0 Å². The van der Waals surface area contributed by atoms with Gasteiger partial charge in [0, 0.05) is 36.3 Å². The highest BCUT2D eigenvalue weighted by molar-refractivity contribution is 7.99. The van der Waals surface area contributed by atoms with E-state index in [0.29, 0.717) is 18.0 Å². The third kappa shape index (κ3) is 5.37. The molecule has 2 aromatic rings. The number of rotatable bonds is 6. The van der Waals surface area contributed by atoms with E-state index in [0.717, 1.165) is 24.6 Å². The minimum absolute atomic E-state index is 0.0427. The molecule has 1 amide bonds. The Labute approximate surface area is 150 Å². The highest BCUT2D eigenvalue weighted by Gasteiger charge is 2.13. The number of hydrogen-bond acceptors (Lipinski definition) is 6. The van der Waals surface area contributed by atoms with Gasteiger partial charge in [0.05, 0.1) is 6.54 Å². The van der Waals surface area contributed by atoms with Gasteiger partial charge in [0.25, 0.3) is 5.91 Å².